The highest BCUT2D eigenvalue weighted by molar-refractivity contribution is 9.10. The third-order valence-corrected chi connectivity index (χ3v) is 3.83. The molecule has 3 aromatic rings. The number of hydrogen-bond acceptors (Lipinski definition) is 4. The molecular weight excluding hydrogens is 396 g/mol. The Balaban J connectivity index is 1.58. The Morgan fingerprint density at radius 2 is 1.92 bits per heavy atom. The van der Waals surface area contributed by atoms with Crippen molar-refractivity contribution in [1.82, 2.24) is 10.1 Å². The summed E-state index contributed by atoms with van der Waals surface area (Å²) >= 11 is 3.15. The van der Waals surface area contributed by atoms with Crippen LogP contribution in [-0.2, 0) is 11.2 Å². The van der Waals surface area contributed by atoms with Crippen molar-refractivity contribution in [2.75, 3.05) is 5.32 Å². The highest BCUT2D eigenvalue weighted by atomic mass is 79.9. The number of benzene rings is 2. The fourth-order valence-electron chi connectivity index (χ4n) is 2.10. The second-order valence-electron chi connectivity index (χ2n) is 5.19. The molecule has 1 N–H and O–H groups in total. The molecule has 3 rings (SSSR count). The summed E-state index contributed by atoms with van der Waals surface area (Å²) in [5, 5.41) is 6.28. The predicted molar refractivity (Wildman–Crippen MR) is 90.7 cm³/mol. The van der Waals surface area contributed by atoms with Gasteiger partial charge in [-0.1, -0.05) is 21.1 Å². The number of hydrogen-bond donors (Lipinski definition) is 1. The summed E-state index contributed by atoms with van der Waals surface area (Å²) in [6.45, 7) is 0. The summed E-state index contributed by atoms with van der Waals surface area (Å²) in [7, 11) is 0. The van der Waals surface area contributed by atoms with Gasteiger partial charge >= 0.3 is 0 Å². The normalized spacial score (nSPS) is 10.7. The van der Waals surface area contributed by atoms with E-state index in [9.17, 15) is 13.6 Å². The van der Waals surface area contributed by atoms with Crippen LogP contribution in [0.4, 0.5) is 14.5 Å². The van der Waals surface area contributed by atoms with Gasteiger partial charge in [0.2, 0.25) is 17.6 Å². The maximum Gasteiger partial charge on any atom is 0.227 e. The van der Waals surface area contributed by atoms with Crippen LogP contribution < -0.4 is 5.32 Å². The summed E-state index contributed by atoms with van der Waals surface area (Å²) in [6.07, 6.45) is 0.263. The van der Waals surface area contributed by atoms with Crippen molar-refractivity contribution in [1.29, 1.82) is 0 Å². The molecule has 8 heteroatoms. The van der Waals surface area contributed by atoms with Crippen LogP contribution in [0.15, 0.2) is 51.5 Å². The minimum absolute atomic E-state index is 0.0561. The van der Waals surface area contributed by atoms with E-state index in [1.54, 1.807) is 6.07 Å². The van der Waals surface area contributed by atoms with E-state index in [0.717, 1.165) is 0 Å². The van der Waals surface area contributed by atoms with E-state index in [4.69, 9.17) is 4.52 Å². The standard InChI is InChI=1S/C17H12BrF2N3O2/c18-11-3-6-14(13(20)9-11)21-15(24)7-8-16-22-17(23-25-16)10-1-4-12(19)5-2-10/h1-6,9H,7-8H2,(H,21,24). The fraction of sp³-hybridized carbons (Fsp3) is 0.118. The second-order valence-corrected chi connectivity index (χ2v) is 6.11. The lowest BCUT2D eigenvalue weighted by atomic mass is 10.2. The predicted octanol–water partition coefficient (Wildman–Crippen LogP) is 4.35. The zero-order valence-electron chi connectivity index (χ0n) is 12.8. The van der Waals surface area contributed by atoms with E-state index in [0.29, 0.717) is 15.9 Å². The average molecular weight is 408 g/mol. The summed E-state index contributed by atoms with van der Waals surface area (Å²) < 4.78 is 32.2. The molecule has 0 bridgehead atoms. The Morgan fingerprint density at radius 3 is 2.64 bits per heavy atom. The number of halogens is 3. The molecule has 2 aromatic carbocycles. The number of aryl methyl sites for hydroxylation is 1. The lowest BCUT2D eigenvalue weighted by molar-refractivity contribution is -0.116. The summed E-state index contributed by atoms with van der Waals surface area (Å²) in [5.41, 5.74) is 0.712. The number of carbonyl (C=O) groups excluding carboxylic acids is 1. The van der Waals surface area contributed by atoms with Crippen LogP contribution in [0.5, 0.6) is 0 Å². The lowest BCUT2D eigenvalue weighted by Crippen LogP contribution is -2.13. The van der Waals surface area contributed by atoms with Crippen LogP contribution >= 0.6 is 15.9 Å². The maximum atomic E-state index is 13.7. The molecule has 0 aliphatic carbocycles. The van der Waals surface area contributed by atoms with Gasteiger partial charge in [-0.3, -0.25) is 4.79 Å². The van der Waals surface area contributed by atoms with Gasteiger partial charge in [0, 0.05) is 22.9 Å². The number of amides is 1. The number of nitrogens with one attached hydrogen (secondary N) is 1. The molecule has 1 amide bonds. The molecule has 0 fully saturated rings. The van der Waals surface area contributed by atoms with Gasteiger partial charge in [0.1, 0.15) is 11.6 Å². The maximum absolute atomic E-state index is 13.7. The van der Waals surface area contributed by atoms with Crippen LogP contribution in [-0.4, -0.2) is 16.0 Å². The minimum atomic E-state index is -0.529. The SMILES string of the molecule is O=C(CCc1nc(-c2ccc(F)cc2)no1)Nc1ccc(Br)cc1F. The summed E-state index contributed by atoms with van der Waals surface area (Å²) in [6, 6.07) is 10.0. The lowest BCUT2D eigenvalue weighted by Gasteiger charge is -2.05. The van der Waals surface area contributed by atoms with Gasteiger partial charge in [-0.2, -0.15) is 4.98 Å². The molecule has 0 aliphatic rings. The minimum Gasteiger partial charge on any atom is -0.339 e. The molecule has 0 saturated heterocycles. The largest absolute Gasteiger partial charge is 0.339 e. The molecule has 0 atom stereocenters. The van der Waals surface area contributed by atoms with Gasteiger partial charge in [-0.05, 0) is 42.5 Å². The Labute approximate surface area is 150 Å². The third kappa shape index (κ3) is 4.48. The first-order valence-corrected chi connectivity index (χ1v) is 8.14. The Hall–Kier alpha value is -2.61. The van der Waals surface area contributed by atoms with Crippen LogP contribution in [0.3, 0.4) is 0 Å². The van der Waals surface area contributed by atoms with E-state index in [1.165, 1.54) is 36.4 Å². The fourth-order valence-corrected chi connectivity index (χ4v) is 2.43. The Kier molecular flexibility index (Phi) is 5.18. The van der Waals surface area contributed by atoms with E-state index < -0.39 is 5.82 Å². The van der Waals surface area contributed by atoms with Crippen molar-refractivity contribution < 1.29 is 18.1 Å². The highest BCUT2D eigenvalue weighted by Crippen LogP contribution is 2.20. The van der Waals surface area contributed by atoms with Gasteiger partial charge in [0.25, 0.3) is 0 Å². The molecule has 1 aromatic heterocycles. The molecule has 0 saturated carbocycles. The van der Waals surface area contributed by atoms with Crippen molar-refractivity contribution in [3.8, 4) is 11.4 Å². The first-order valence-electron chi connectivity index (χ1n) is 7.35. The Morgan fingerprint density at radius 1 is 1.16 bits per heavy atom. The summed E-state index contributed by atoms with van der Waals surface area (Å²) in [4.78, 5) is 16.1. The second kappa shape index (κ2) is 7.52. The number of rotatable bonds is 5. The van der Waals surface area contributed by atoms with Crippen molar-refractivity contribution in [3.05, 3.63) is 64.5 Å². The number of carbonyl (C=O) groups is 1. The van der Waals surface area contributed by atoms with Gasteiger partial charge in [-0.15, -0.1) is 0 Å². The topological polar surface area (TPSA) is 68.0 Å². The van der Waals surface area contributed by atoms with Crippen molar-refractivity contribution in [2.45, 2.75) is 12.8 Å². The average Bonchev–Trinajstić information content (AvgIpc) is 3.05. The van der Waals surface area contributed by atoms with Crippen LogP contribution in [0.1, 0.15) is 12.3 Å². The van der Waals surface area contributed by atoms with Crippen molar-refractivity contribution in [2.24, 2.45) is 0 Å². The zero-order chi connectivity index (χ0) is 17.8. The zero-order valence-corrected chi connectivity index (χ0v) is 14.4. The third-order valence-electron chi connectivity index (χ3n) is 3.34. The molecular formula is C17H12BrF2N3O2. The van der Waals surface area contributed by atoms with E-state index in [1.807, 2.05) is 0 Å². The smallest absolute Gasteiger partial charge is 0.227 e. The molecule has 0 aliphatic heterocycles. The van der Waals surface area contributed by atoms with Crippen molar-refractivity contribution >= 4 is 27.5 Å². The molecule has 5 nitrogen and oxygen atoms in total. The summed E-state index contributed by atoms with van der Waals surface area (Å²) in [5.74, 6) is -0.675. The van der Waals surface area contributed by atoms with Crippen LogP contribution in [0.2, 0.25) is 0 Å². The quantitative estimate of drug-likeness (QED) is 0.682. The molecule has 0 spiro atoms. The van der Waals surface area contributed by atoms with E-state index in [2.05, 4.69) is 31.4 Å². The van der Waals surface area contributed by atoms with E-state index >= 15 is 0 Å². The van der Waals surface area contributed by atoms with Gasteiger partial charge in [0.15, 0.2) is 0 Å². The highest BCUT2D eigenvalue weighted by Gasteiger charge is 2.12. The monoisotopic (exact) mass is 407 g/mol. The number of nitrogens with zero attached hydrogens (tertiary/aromatic N) is 2. The van der Waals surface area contributed by atoms with Gasteiger partial charge in [0.05, 0.1) is 5.69 Å². The molecule has 25 heavy (non-hydrogen) atoms. The Bertz CT molecular complexity index is 897. The molecule has 0 radical (unpaired) electrons. The van der Waals surface area contributed by atoms with Crippen molar-refractivity contribution in [3.63, 3.8) is 0 Å². The first-order chi connectivity index (χ1) is 12.0. The van der Waals surface area contributed by atoms with Crippen LogP contribution in [0, 0.1) is 11.6 Å². The molecule has 0 unspecified atom stereocenters. The first kappa shape index (κ1) is 17.2. The van der Waals surface area contributed by atoms with Gasteiger partial charge in [-0.25, -0.2) is 8.78 Å². The molecule has 1 heterocycles. The number of anilines is 1. The van der Waals surface area contributed by atoms with Crippen LogP contribution in [0.25, 0.3) is 11.4 Å². The number of aromatic nitrogens is 2. The molecule has 128 valence electrons. The van der Waals surface area contributed by atoms with Gasteiger partial charge < -0.3 is 9.84 Å². The van der Waals surface area contributed by atoms with E-state index in [-0.39, 0.29) is 36.1 Å².